The number of rotatable bonds is 7. The van der Waals surface area contributed by atoms with Gasteiger partial charge in [0, 0.05) is 22.7 Å². The maximum absolute atomic E-state index is 13.4. The second-order valence-corrected chi connectivity index (χ2v) is 12.1. The number of fused-ring (bicyclic) bond motifs is 1. The molecule has 2 amide bonds. The molecule has 0 bridgehead atoms. The molecule has 11 nitrogen and oxygen atoms in total. The van der Waals surface area contributed by atoms with E-state index in [1.54, 1.807) is 45.0 Å². The van der Waals surface area contributed by atoms with Gasteiger partial charge in [-0.2, -0.15) is 0 Å². The van der Waals surface area contributed by atoms with Crippen LogP contribution in [-0.4, -0.2) is 67.8 Å². The molecule has 2 unspecified atom stereocenters. The van der Waals surface area contributed by atoms with E-state index in [1.165, 1.54) is 35.1 Å². The number of aryl methyl sites for hydroxylation is 1. The van der Waals surface area contributed by atoms with Gasteiger partial charge in [-0.1, -0.05) is 34.4 Å². The van der Waals surface area contributed by atoms with E-state index in [4.69, 9.17) is 37.2 Å². The second-order valence-electron chi connectivity index (χ2n) is 9.52. The summed E-state index contributed by atoms with van der Waals surface area (Å²) >= 11 is 14.0. The molecule has 14 heteroatoms. The minimum Gasteiger partial charge on any atom is -0.426 e. The van der Waals surface area contributed by atoms with Crippen LogP contribution >= 0.6 is 35.0 Å². The molecular weight excluding hydrogens is 583 g/mol. The molecule has 2 saturated heterocycles. The molecule has 2 aromatic heterocycles. The number of hydrogen-bond donors (Lipinski definition) is 1. The molecule has 0 aliphatic carbocycles. The number of benzene rings is 1. The zero-order chi connectivity index (χ0) is 28.8. The fourth-order valence-electron chi connectivity index (χ4n) is 4.66. The van der Waals surface area contributed by atoms with Crippen molar-refractivity contribution in [3.05, 3.63) is 69.7 Å². The zero-order valence-corrected chi connectivity index (χ0v) is 23.7. The molecule has 0 spiro atoms. The van der Waals surface area contributed by atoms with Gasteiger partial charge < -0.3 is 24.2 Å². The third-order valence-electron chi connectivity index (χ3n) is 6.53. The third kappa shape index (κ3) is 4.91. The number of esters is 2. The van der Waals surface area contributed by atoms with Crippen LogP contribution in [0.1, 0.15) is 40.3 Å². The highest BCUT2D eigenvalue weighted by molar-refractivity contribution is 8.01. The minimum atomic E-state index is -0.963. The van der Waals surface area contributed by atoms with Gasteiger partial charge in [0.2, 0.25) is 12.7 Å². The number of nitrogens with one attached hydrogen (secondary N) is 1. The molecule has 0 saturated carbocycles. The Morgan fingerprint density at radius 1 is 1.15 bits per heavy atom. The molecule has 5 rings (SSSR count). The van der Waals surface area contributed by atoms with E-state index in [-0.39, 0.29) is 32.6 Å². The van der Waals surface area contributed by atoms with E-state index >= 15 is 0 Å². The Labute approximate surface area is 242 Å². The van der Waals surface area contributed by atoms with Gasteiger partial charge in [-0.15, -0.1) is 11.8 Å². The van der Waals surface area contributed by atoms with Gasteiger partial charge >= 0.3 is 11.9 Å². The largest absolute Gasteiger partial charge is 0.426 e. The lowest BCUT2D eigenvalue weighted by atomic mass is 9.95. The first-order chi connectivity index (χ1) is 19.0. The van der Waals surface area contributed by atoms with Gasteiger partial charge in [-0.3, -0.25) is 14.6 Å². The number of halogens is 2. The van der Waals surface area contributed by atoms with Crippen LogP contribution in [0.15, 0.2) is 47.2 Å². The van der Waals surface area contributed by atoms with Crippen LogP contribution in [0.5, 0.6) is 0 Å². The normalized spacial score (nSPS) is 20.9. The summed E-state index contributed by atoms with van der Waals surface area (Å²) in [5, 5.41) is 6.74. The van der Waals surface area contributed by atoms with E-state index in [0.29, 0.717) is 5.56 Å². The van der Waals surface area contributed by atoms with Crippen molar-refractivity contribution < 1.29 is 33.2 Å². The Kier molecular flexibility index (Phi) is 7.51. The lowest BCUT2D eigenvalue weighted by Crippen LogP contribution is -2.70. The van der Waals surface area contributed by atoms with Crippen molar-refractivity contribution in [3.63, 3.8) is 0 Å². The van der Waals surface area contributed by atoms with Gasteiger partial charge in [0.25, 0.3) is 5.91 Å². The second kappa shape index (κ2) is 10.8. The smallest absolute Gasteiger partial charge is 0.342 e. The molecule has 4 heterocycles. The van der Waals surface area contributed by atoms with E-state index in [9.17, 15) is 19.2 Å². The summed E-state index contributed by atoms with van der Waals surface area (Å²) in [6, 6.07) is 6.09. The molecule has 3 aromatic rings. The molecule has 1 N–H and O–H groups in total. The molecular formula is C26H22Cl2N4O7S. The number of hydrogen-bond acceptors (Lipinski definition) is 10. The van der Waals surface area contributed by atoms with Crippen molar-refractivity contribution in [2.45, 2.75) is 43.0 Å². The standard InChI is InChI=1S/C26H22Cl2N4O7S/c1-12-16(18(31-39-12)17-14(27)7-4-8-15(17)28)21(33)30-19-22(34)32-20(26(2,3)40-23(19)32)25(36)38-11-37-24(35)13-6-5-9-29-10-13/h4-10,19-20,23H,11H2,1-3H3,(H,30,33)/t19?,20-,23?/m0/s1. The number of ether oxygens (including phenoxy) is 2. The fraction of sp³-hybridized carbons (Fsp3) is 0.308. The third-order valence-corrected chi connectivity index (χ3v) is 8.73. The first-order valence-electron chi connectivity index (χ1n) is 12.0. The quantitative estimate of drug-likeness (QED) is 0.240. The summed E-state index contributed by atoms with van der Waals surface area (Å²) in [4.78, 5) is 56.8. The lowest BCUT2D eigenvalue weighted by Gasteiger charge is -2.43. The fourth-order valence-corrected chi connectivity index (χ4v) is 6.86. The number of β-lactam (4-membered cyclic amide) rings is 1. The van der Waals surface area contributed by atoms with Crippen LogP contribution in [-0.2, 0) is 19.1 Å². The van der Waals surface area contributed by atoms with Crippen LogP contribution in [0.4, 0.5) is 0 Å². The van der Waals surface area contributed by atoms with E-state index < -0.39 is 52.8 Å². The van der Waals surface area contributed by atoms with Crippen molar-refractivity contribution in [3.8, 4) is 11.3 Å². The van der Waals surface area contributed by atoms with Crippen molar-refractivity contribution in [2.75, 3.05) is 6.79 Å². The number of carbonyl (C=O) groups excluding carboxylic acids is 4. The Morgan fingerprint density at radius 2 is 1.88 bits per heavy atom. The van der Waals surface area contributed by atoms with E-state index in [1.807, 2.05) is 0 Å². The zero-order valence-electron chi connectivity index (χ0n) is 21.3. The van der Waals surface area contributed by atoms with Crippen LogP contribution in [0.3, 0.4) is 0 Å². The number of amides is 2. The molecule has 40 heavy (non-hydrogen) atoms. The van der Waals surface area contributed by atoms with E-state index in [0.717, 1.165) is 0 Å². The monoisotopic (exact) mass is 604 g/mol. The van der Waals surface area contributed by atoms with Crippen molar-refractivity contribution >= 4 is 58.7 Å². The van der Waals surface area contributed by atoms with Crippen molar-refractivity contribution in [1.82, 2.24) is 20.4 Å². The first-order valence-corrected chi connectivity index (χ1v) is 13.6. The molecule has 3 atom stereocenters. The maximum Gasteiger partial charge on any atom is 0.342 e. The summed E-state index contributed by atoms with van der Waals surface area (Å²) < 4.78 is 14.7. The van der Waals surface area contributed by atoms with Crippen molar-refractivity contribution in [1.29, 1.82) is 0 Å². The predicted octanol–water partition coefficient (Wildman–Crippen LogP) is 3.87. The highest BCUT2D eigenvalue weighted by Crippen LogP contribution is 2.51. The molecule has 1 aromatic carbocycles. The summed E-state index contributed by atoms with van der Waals surface area (Å²) in [5.74, 6) is -2.29. The average molecular weight is 605 g/mol. The van der Waals surface area contributed by atoms with Crippen LogP contribution in [0.25, 0.3) is 11.3 Å². The van der Waals surface area contributed by atoms with Crippen LogP contribution < -0.4 is 5.32 Å². The highest BCUT2D eigenvalue weighted by Gasteiger charge is 2.64. The number of nitrogens with zero attached hydrogens (tertiary/aromatic N) is 3. The highest BCUT2D eigenvalue weighted by atomic mass is 35.5. The molecule has 208 valence electrons. The predicted molar refractivity (Wildman–Crippen MR) is 145 cm³/mol. The Bertz CT molecular complexity index is 1490. The number of aromatic nitrogens is 2. The summed E-state index contributed by atoms with van der Waals surface area (Å²) in [6.07, 6.45) is 2.83. The number of pyridine rings is 1. The molecule has 2 fully saturated rings. The van der Waals surface area contributed by atoms with Crippen molar-refractivity contribution in [2.24, 2.45) is 0 Å². The molecule has 2 aliphatic heterocycles. The number of thioether (sulfide) groups is 1. The van der Waals surface area contributed by atoms with Gasteiger partial charge in [0.1, 0.15) is 34.5 Å². The van der Waals surface area contributed by atoms with Gasteiger partial charge in [0.15, 0.2) is 0 Å². The topological polar surface area (TPSA) is 141 Å². The SMILES string of the molecule is Cc1onc(-c2c(Cl)cccc2Cl)c1C(=O)NC1C(=O)N2C1SC(C)(C)[C@@H]2C(=O)OCOC(=O)c1cccnc1. The van der Waals surface area contributed by atoms with Gasteiger partial charge in [-0.25, -0.2) is 9.59 Å². The number of carbonyl (C=O) groups is 4. The van der Waals surface area contributed by atoms with Crippen LogP contribution in [0.2, 0.25) is 10.0 Å². The van der Waals surface area contributed by atoms with Gasteiger partial charge in [0.05, 0.1) is 15.6 Å². The lowest BCUT2D eigenvalue weighted by molar-refractivity contribution is -0.168. The Morgan fingerprint density at radius 3 is 2.55 bits per heavy atom. The maximum atomic E-state index is 13.4. The minimum absolute atomic E-state index is 0.0925. The summed E-state index contributed by atoms with van der Waals surface area (Å²) in [6.45, 7) is 4.51. The Hall–Kier alpha value is -3.61. The van der Waals surface area contributed by atoms with Crippen LogP contribution in [0, 0.1) is 6.92 Å². The molecule has 2 aliphatic rings. The summed E-state index contributed by atoms with van der Waals surface area (Å²) in [5.41, 5.74) is 0.776. The van der Waals surface area contributed by atoms with E-state index in [2.05, 4.69) is 15.5 Å². The first kappa shape index (κ1) is 27.9. The average Bonchev–Trinajstić information content (AvgIpc) is 3.41. The summed E-state index contributed by atoms with van der Waals surface area (Å²) in [7, 11) is 0. The molecule has 0 radical (unpaired) electrons. The van der Waals surface area contributed by atoms with Gasteiger partial charge in [-0.05, 0) is 45.0 Å². The Balaban J connectivity index is 1.26.